The summed E-state index contributed by atoms with van der Waals surface area (Å²) in [6.07, 6.45) is 6.42. The number of benzene rings is 1. The summed E-state index contributed by atoms with van der Waals surface area (Å²) in [6.45, 7) is 0.891. The van der Waals surface area contributed by atoms with Gasteiger partial charge >= 0.3 is 0 Å². The van der Waals surface area contributed by atoms with Crippen LogP contribution >= 0.6 is 12.2 Å². The number of thiocarbonyl (C=S) groups is 1. The van der Waals surface area contributed by atoms with E-state index in [4.69, 9.17) is 21.7 Å². The molecule has 5 heteroatoms. The SMILES string of the molecule is COc1ccc(CCN(C)C(=S)N[C@H]2C[C@H]3CC[C@H]2C3)cc1OC. The zero-order valence-electron chi connectivity index (χ0n) is 14.9. The van der Waals surface area contributed by atoms with Gasteiger partial charge in [0.2, 0.25) is 0 Å². The van der Waals surface area contributed by atoms with Crippen LogP contribution in [0.3, 0.4) is 0 Å². The quantitative estimate of drug-likeness (QED) is 0.798. The Morgan fingerprint density at radius 3 is 2.62 bits per heavy atom. The molecule has 0 aliphatic heterocycles. The van der Waals surface area contributed by atoms with Crippen LogP contribution in [-0.2, 0) is 6.42 Å². The minimum absolute atomic E-state index is 0.597. The molecule has 0 aromatic heterocycles. The first-order valence-electron chi connectivity index (χ1n) is 8.83. The molecule has 2 saturated carbocycles. The lowest BCUT2D eigenvalue weighted by Gasteiger charge is -2.28. The number of ether oxygens (including phenoxy) is 2. The zero-order valence-corrected chi connectivity index (χ0v) is 15.7. The predicted octanol–water partition coefficient (Wildman–Crippen LogP) is 3.24. The van der Waals surface area contributed by atoms with Crippen molar-refractivity contribution < 1.29 is 9.47 Å². The third kappa shape index (κ3) is 3.77. The molecule has 1 N–H and O–H groups in total. The Balaban J connectivity index is 1.49. The first-order chi connectivity index (χ1) is 11.6. The lowest BCUT2D eigenvalue weighted by atomic mass is 9.95. The second-order valence-electron chi connectivity index (χ2n) is 7.09. The topological polar surface area (TPSA) is 33.7 Å². The standard InChI is InChI=1S/C19H28N2O2S/c1-21(19(24)20-16-11-14-4-6-15(16)10-14)9-8-13-5-7-17(22-2)18(12-13)23-3/h5,7,12,14-16H,4,6,8-11H2,1-3H3,(H,20,24)/t14-,15-,16-/m0/s1. The molecule has 2 fully saturated rings. The van der Waals surface area contributed by atoms with Crippen molar-refractivity contribution in [2.24, 2.45) is 11.8 Å². The fourth-order valence-corrected chi connectivity index (χ4v) is 4.37. The molecular weight excluding hydrogens is 320 g/mol. The first-order valence-corrected chi connectivity index (χ1v) is 9.24. The second-order valence-corrected chi connectivity index (χ2v) is 7.48. The lowest BCUT2D eigenvalue weighted by Crippen LogP contribution is -2.45. The monoisotopic (exact) mass is 348 g/mol. The van der Waals surface area contributed by atoms with Crippen LogP contribution in [0.5, 0.6) is 11.5 Å². The van der Waals surface area contributed by atoms with Crippen LogP contribution in [0.4, 0.5) is 0 Å². The van der Waals surface area contributed by atoms with Crippen LogP contribution in [0.1, 0.15) is 31.2 Å². The Bertz CT molecular complexity index is 593. The molecule has 0 amide bonds. The highest BCUT2D eigenvalue weighted by Crippen LogP contribution is 2.44. The van der Waals surface area contributed by atoms with Gasteiger partial charge in [0, 0.05) is 19.6 Å². The molecule has 132 valence electrons. The molecule has 0 saturated heterocycles. The Kier molecular flexibility index (Phi) is 5.49. The highest BCUT2D eigenvalue weighted by atomic mass is 32.1. The predicted molar refractivity (Wildman–Crippen MR) is 101 cm³/mol. The van der Waals surface area contributed by atoms with E-state index in [9.17, 15) is 0 Å². The fourth-order valence-electron chi connectivity index (χ4n) is 4.12. The molecule has 2 bridgehead atoms. The van der Waals surface area contributed by atoms with E-state index >= 15 is 0 Å². The average molecular weight is 349 g/mol. The third-order valence-corrected chi connectivity index (χ3v) is 6.01. The summed E-state index contributed by atoms with van der Waals surface area (Å²) < 4.78 is 10.7. The number of rotatable bonds is 6. The number of nitrogens with one attached hydrogen (secondary N) is 1. The maximum absolute atomic E-state index is 5.60. The van der Waals surface area contributed by atoms with E-state index in [1.165, 1.54) is 31.2 Å². The Morgan fingerprint density at radius 1 is 1.21 bits per heavy atom. The van der Waals surface area contributed by atoms with Crippen LogP contribution in [0.25, 0.3) is 0 Å². The van der Waals surface area contributed by atoms with E-state index in [-0.39, 0.29) is 0 Å². The van der Waals surface area contributed by atoms with Crippen molar-refractivity contribution in [3.63, 3.8) is 0 Å². The molecule has 0 unspecified atom stereocenters. The molecule has 2 aliphatic rings. The minimum atomic E-state index is 0.597. The van der Waals surface area contributed by atoms with Crippen molar-refractivity contribution in [3.05, 3.63) is 23.8 Å². The van der Waals surface area contributed by atoms with Gasteiger partial charge in [-0.05, 0) is 67.4 Å². The fraction of sp³-hybridized carbons (Fsp3) is 0.632. The smallest absolute Gasteiger partial charge is 0.168 e. The third-order valence-electron chi connectivity index (χ3n) is 5.58. The summed E-state index contributed by atoms with van der Waals surface area (Å²) in [6, 6.07) is 6.68. The van der Waals surface area contributed by atoms with E-state index in [1.807, 2.05) is 12.1 Å². The van der Waals surface area contributed by atoms with Crippen molar-refractivity contribution in [1.82, 2.24) is 10.2 Å². The molecule has 3 atom stereocenters. The molecule has 0 heterocycles. The number of nitrogens with zero attached hydrogens (tertiary/aromatic N) is 1. The highest BCUT2D eigenvalue weighted by molar-refractivity contribution is 7.80. The molecule has 4 nitrogen and oxygen atoms in total. The summed E-state index contributed by atoms with van der Waals surface area (Å²) >= 11 is 5.60. The molecule has 3 rings (SSSR count). The maximum atomic E-state index is 5.60. The van der Waals surface area contributed by atoms with Gasteiger partial charge in [0.25, 0.3) is 0 Å². The number of hydrogen-bond donors (Lipinski definition) is 1. The summed E-state index contributed by atoms with van der Waals surface area (Å²) in [4.78, 5) is 2.15. The normalized spacial score (nSPS) is 24.7. The maximum Gasteiger partial charge on any atom is 0.168 e. The Morgan fingerprint density at radius 2 is 2.00 bits per heavy atom. The van der Waals surface area contributed by atoms with Crippen LogP contribution in [-0.4, -0.2) is 43.9 Å². The van der Waals surface area contributed by atoms with Crippen LogP contribution < -0.4 is 14.8 Å². The van der Waals surface area contributed by atoms with Crippen LogP contribution in [0.2, 0.25) is 0 Å². The van der Waals surface area contributed by atoms with Crippen molar-refractivity contribution in [2.45, 2.75) is 38.1 Å². The summed E-state index contributed by atoms with van der Waals surface area (Å²) in [5, 5.41) is 4.48. The van der Waals surface area contributed by atoms with E-state index in [0.29, 0.717) is 6.04 Å². The summed E-state index contributed by atoms with van der Waals surface area (Å²) in [5.74, 6) is 3.32. The number of methoxy groups -OCH3 is 2. The second kappa shape index (κ2) is 7.60. The largest absolute Gasteiger partial charge is 0.493 e. The molecule has 2 aliphatic carbocycles. The number of hydrogen-bond acceptors (Lipinski definition) is 3. The molecule has 0 radical (unpaired) electrons. The van der Waals surface area contributed by atoms with Gasteiger partial charge in [0.1, 0.15) is 0 Å². The van der Waals surface area contributed by atoms with Gasteiger partial charge in [-0.1, -0.05) is 12.5 Å². The average Bonchev–Trinajstić information content (AvgIpc) is 3.22. The van der Waals surface area contributed by atoms with Gasteiger partial charge in [0.05, 0.1) is 14.2 Å². The minimum Gasteiger partial charge on any atom is -0.493 e. The van der Waals surface area contributed by atoms with Gasteiger partial charge in [0.15, 0.2) is 16.6 Å². The number of fused-ring (bicyclic) bond motifs is 2. The Hall–Kier alpha value is -1.49. The van der Waals surface area contributed by atoms with Gasteiger partial charge in [-0.2, -0.15) is 0 Å². The van der Waals surface area contributed by atoms with Gasteiger partial charge in [-0.15, -0.1) is 0 Å². The van der Waals surface area contributed by atoms with Crippen molar-refractivity contribution in [3.8, 4) is 11.5 Å². The van der Waals surface area contributed by atoms with Crippen molar-refractivity contribution in [1.29, 1.82) is 0 Å². The van der Waals surface area contributed by atoms with Gasteiger partial charge in [-0.25, -0.2) is 0 Å². The van der Waals surface area contributed by atoms with Crippen LogP contribution in [0.15, 0.2) is 18.2 Å². The van der Waals surface area contributed by atoms with E-state index in [1.54, 1.807) is 14.2 Å². The molecule has 1 aromatic carbocycles. The molecule has 1 aromatic rings. The lowest BCUT2D eigenvalue weighted by molar-refractivity contribution is 0.354. The highest BCUT2D eigenvalue weighted by Gasteiger charge is 2.39. The molecule has 24 heavy (non-hydrogen) atoms. The number of likely N-dealkylation sites (N-methyl/N-ethyl adjacent to an activating group) is 1. The summed E-state index contributed by atoms with van der Waals surface area (Å²) in [7, 11) is 5.40. The van der Waals surface area contributed by atoms with Crippen molar-refractivity contribution >= 4 is 17.3 Å². The van der Waals surface area contributed by atoms with Gasteiger partial charge in [-0.3, -0.25) is 0 Å². The molecular formula is C19H28N2O2S. The zero-order chi connectivity index (χ0) is 17.1. The van der Waals surface area contributed by atoms with Gasteiger partial charge < -0.3 is 19.7 Å². The van der Waals surface area contributed by atoms with E-state index in [2.05, 4.69) is 23.3 Å². The summed E-state index contributed by atoms with van der Waals surface area (Å²) in [5.41, 5.74) is 1.22. The van der Waals surface area contributed by atoms with Crippen LogP contribution in [0, 0.1) is 11.8 Å². The Labute approximate surface area is 150 Å². The molecule has 0 spiro atoms. The van der Waals surface area contributed by atoms with E-state index < -0.39 is 0 Å². The van der Waals surface area contributed by atoms with E-state index in [0.717, 1.165) is 41.4 Å². The first kappa shape index (κ1) is 17.3. The van der Waals surface area contributed by atoms with Crippen molar-refractivity contribution in [2.75, 3.05) is 27.8 Å².